The number of halogens is 2. The zero-order valence-corrected chi connectivity index (χ0v) is 11.6. The molecule has 2 rings (SSSR count). The van der Waals surface area contributed by atoms with E-state index in [1.165, 1.54) is 6.07 Å². The molecule has 0 aliphatic heterocycles. The fourth-order valence-electron chi connectivity index (χ4n) is 2.03. The molecule has 98 valence electrons. The lowest BCUT2D eigenvalue weighted by atomic mass is 9.97. The lowest BCUT2D eigenvalue weighted by Crippen LogP contribution is -2.15. The fourth-order valence-corrected chi connectivity index (χ4v) is 2.16. The molecule has 3 nitrogen and oxygen atoms in total. The normalized spacial score (nSPS) is 12.3. The van der Waals surface area contributed by atoms with Crippen LogP contribution in [0.2, 0.25) is 5.15 Å². The first kappa shape index (κ1) is 13.3. The summed E-state index contributed by atoms with van der Waals surface area (Å²) in [7, 11) is 0. The Morgan fingerprint density at radius 3 is 2.67 bits per heavy atom. The van der Waals surface area contributed by atoms with Crippen LogP contribution in [-0.4, -0.2) is 9.55 Å². The number of fused-ring (bicyclic) bond motifs is 1. The maximum Gasteiger partial charge on any atom is 0.167 e. The van der Waals surface area contributed by atoms with Gasteiger partial charge in [-0.15, -0.1) is 0 Å². The summed E-state index contributed by atoms with van der Waals surface area (Å²) >= 11 is 5.75. The number of nitrogens with zero attached hydrogens (tertiary/aromatic N) is 2. The molecular formula is C13H17ClFN3. The van der Waals surface area contributed by atoms with Crippen molar-refractivity contribution in [3.05, 3.63) is 28.8 Å². The van der Waals surface area contributed by atoms with Gasteiger partial charge < -0.3 is 10.3 Å². The van der Waals surface area contributed by atoms with E-state index in [2.05, 4.69) is 25.8 Å². The zero-order valence-electron chi connectivity index (χ0n) is 10.8. The molecule has 5 heteroatoms. The van der Waals surface area contributed by atoms with Crippen molar-refractivity contribution in [3.63, 3.8) is 0 Å². The number of aromatic nitrogens is 2. The standard InChI is InChI=1S/C13H17ClFN3/c1-13(2,3)7-18-6-8(5-16)9-4-10(15)11(14)17-12(9)18/h4,6H,5,7,16H2,1-3H3. The van der Waals surface area contributed by atoms with Crippen LogP contribution in [0.25, 0.3) is 11.0 Å². The van der Waals surface area contributed by atoms with E-state index in [0.29, 0.717) is 12.2 Å². The van der Waals surface area contributed by atoms with Crippen LogP contribution >= 0.6 is 11.6 Å². The summed E-state index contributed by atoms with van der Waals surface area (Å²) in [6, 6.07) is 1.41. The molecule has 0 saturated heterocycles. The van der Waals surface area contributed by atoms with Gasteiger partial charge in [0.1, 0.15) is 5.65 Å². The lowest BCUT2D eigenvalue weighted by molar-refractivity contribution is 0.348. The number of hydrogen-bond acceptors (Lipinski definition) is 2. The van der Waals surface area contributed by atoms with Gasteiger partial charge in [0.25, 0.3) is 0 Å². The summed E-state index contributed by atoms with van der Waals surface area (Å²) in [6.45, 7) is 7.53. The molecule has 2 aromatic heterocycles. The number of rotatable bonds is 2. The molecule has 0 radical (unpaired) electrons. The molecule has 2 N–H and O–H groups in total. The minimum atomic E-state index is -0.507. The van der Waals surface area contributed by atoms with Gasteiger partial charge in [-0.1, -0.05) is 32.4 Å². The minimum absolute atomic E-state index is 0.0976. The van der Waals surface area contributed by atoms with E-state index in [9.17, 15) is 4.39 Å². The summed E-state index contributed by atoms with van der Waals surface area (Å²) in [4.78, 5) is 4.13. The van der Waals surface area contributed by atoms with Crippen molar-refractivity contribution < 1.29 is 4.39 Å². The highest BCUT2D eigenvalue weighted by molar-refractivity contribution is 6.29. The number of pyridine rings is 1. The van der Waals surface area contributed by atoms with Crippen molar-refractivity contribution >= 4 is 22.6 Å². The van der Waals surface area contributed by atoms with Gasteiger partial charge in [-0.2, -0.15) is 0 Å². The van der Waals surface area contributed by atoms with Gasteiger partial charge in [0, 0.05) is 24.7 Å². The van der Waals surface area contributed by atoms with Gasteiger partial charge >= 0.3 is 0 Å². The Labute approximate surface area is 111 Å². The Kier molecular flexibility index (Phi) is 3.34. The van der Waals surface area contributed by atoms with Crippen LogP contribution in [-0.2, 0) is 13.1 Å². The van der Waals surface area contributed by atoms with E-state index in [0.717, 1.165) is 17.5 Å². The maximum absolute atomic E-state index is 13.5. The third kappa shape index (κ3) is 2.49. The average Bonchev–Trinajstić information content (AvgIpc) is 2.55. The SMILES string of the molecule is CC(C)(C)Cn1cc(CN)c2cc(F)c(Cl)nc21. The van der Waals surface area contributed by atoms with Gasteiger partial charge in [-0.3, -0.25) is 0 Å². The predicted octanol–water partition coefficient (Wildman–Crippen LogP) is 3.33. The van der Waals surface area contributed by atoms with Gasteiger partial charge in [0.05, 0.1) is 0 Å². The van der Waals surface area contributed by atoms with E-state index >= 15 is 0 Å². The quantitative estimate of drug-likeness (QED) is 0.850. The van der Waals surface area contributed by atoms with Crippen molar-refractivity contribution in [2.24, 2.45) is 11.1 Å². The van der Waals surface area contributed by atoms with Crippen molar-refractivity contribution in [2.45, 2.75) is 33.9 Å². The average molecular weight is 270 g/mol. The summed E-state index contributed by atoms with van der Waals surface area (Å²) in [6.07, 6.45) is 1.93. The molecule has 0 fully saturated rings. The van der Waals surface area contributed by atoms with Crippen molar-refractivity contribution in [1.82, 2.24) is 9.55 Å². The first-order valence-corrected chi connectivity index (χ1v) is 6.23. The van der Waals surface area contributed by atoms with E-state index in [-0.39, 0.29) is 10.6 Å². The van der Waals surface area contributed by atoms with Gasteiger partial charge in [0.15, 0.2) is 11.0 Å². The van der Waals surface area contributed by atoms with Crippen LogP contribution in [0.5, 0.6) is 0 Å². The van der Waals surface area contributed by atoms with E-state index in [1.807, 2.05) is 10.8 Å². The summed E-state index contributed by atoms with van der Waals surface area (Å²) in [5.41, 5.74) is 7.36. The zero-order chi connectivity index (χ0) is 13.5. The summed E-state index contributed by atoms with van der Waals surface area (Å²) < 4.78 is 15.5. The first-order valence-electron chi connectivity index (χ1n) is 5.85. The van der Waals surface area contributed by atoms with Crippen molar-refractivity contribution in [3.8, 4) is 0 Å². The monoisotopic (exact) mass is 269 g/mol. The van der Waals surface area contributed by atoms with Crippen LogP contribution < -0.4 is 5.73 Å². The largest absolute Gasteiger partial charge is 0.332 e. The molecule has 0 spiro atoms. The van der Waals surface area contributed by atoms with Crippen LogP contribution in [0.15, 0.2) is 12.3 Å². The van der Waals surface area contributed by atoms with E-state index in [4.69, 9.17) is 17.3 Å². The molecule has 2 aromatic rings. The fraction of sp³-hybridized carbons (Fsp3) is 0.462. The van der Waals surface area contributed by atoms with E-state index < -0.39 is 5.82 Å². The Balaban J connectivity index is 2.64. The van der Waals surface area contributed by atoms with Crippen molar-refractivity contribution in [2.75, 3.05) is 0 Å². The highest BCUT2D eigenvalue weighted by atomic mass is 35.5. The molecular weight excluding hydrogens is 253 g/mol. The molecule has 0 saturated carbocycles. The topological polar surface area (TPSA) is 43.8 Å². The maximum atomic E-state index is 13.5. The molecule has 0 amide bonds. The second-order valence-corrected chi connectivity index (χ2v) is 6.04. The van der Waals surface area contributed by atoms with Crippen LogP contribution in [0, 0.1) is 11.2 Å². The van der Waals surface area contributed by atoms with Crippen LogP contribution in [0.3, 0.4) is 0 Å². The molecule has 0 aliphatic rings. The molecule has 0 atom stereocenters. The summed E-state index contributed by atoms with van der Waals surface area (Å²) in [5.74, 6) is -0.507. The molecule has 0 aliphatic carbocycles. The van der Waals surface area contributed by atoms with Crippen LogP contribution in [0.1, 0.15) is 26.3 Å². The Hall–Kier alpha value is -1.13. The van der Waals surface area contributed by atoms with Crippen molar-refractivity contribution in [1.29, 1.82) is 0 Å². The molecule has 18 heavy (non-hydrogen) atoms. The van der Waals surface area contributed by atoms with Gasteiger partial charge in [-0.05, 0) is 17.0 Å². The highest BCUT2D eigenvalue weighted by Crippen LogP contribution is 2.27. The second-order valence-electron chi connectivity index (χ2n) is 5.68. The van der Waals surface area contributed by atoms with Gasteiger partial charge in [0.2, 0.25) is 0 Å². The Morgan fingerprint density at radius 1 is 1.44 bits per heavy atom. The molecule has 0 bridgehead atoms. The number of nitrogens with two attached hydrogens (primary N) is 1. The molecule has 2 heterocycles. The first-order chi connectivity index (χ1) is 8.31. The summed E-state index contributed by atoms with van der Waals surface area (Å²) in [5, 5.41) is 0.642. The Bertz CT molecular complexity index is 584. The second kappa shape index (κ2) is 4.52. The minimum Gasteiger partial charge on any atom is -0.332 e. The van der Waals surface area contributed by atoms with Gasteiger partial charge in [-0.25, -0.2) is 9.37 Å². The third-order valence-electron chi connectivity index (χ3n) is 2.71. The highest BCUT2D eigenvalue weighted by Gasteiger charge is 2.17. The molecule has 0 aromatic carbocycles. The molecule has 0 unspecified atom stereocenters. The van der Waals surface area contributed by atoms with E-state index in [1.54, 1.807) is 0 Å². The Morgan fingerprint density at radius 2 is 2.11 bits per heavy atom. The smallest absolute Gasteiger partial charge is 0.167 e. The van der Waals surface area contributed by atoms with Crippen LogP contribution in [0.4, 0.5) is 4.39 Å². The lowest BCUT2D eigenvalue weighted by Gasteiger charge is -2.19. The third-order valence-corrected chi connectivity index (χ3v) is 2.97. The number of hydrogen-bond donors (Lipinski definition) is 1. The predicted molar refractivity (Wildman–Crippen MR) is 72.0 cm³/mol.